The van der Waals surface area contributed by atoms with Crippen LogP contribution in [-0.2, 0) is 16.6 Å². The number of hydrogen-bond donors (Lipinski definition) is 0. The molecule has 0 aliphatic carbocycles. The highest BCUT2D eigenvalue weighted by Crippen LogP contribution is 2.27. The van der Waals surface area contributed by atoms with Crippen LogP contribution in [0, 0.1) is 13.8 Å². The van der Waals surface area contributed by atoms with E-state index in [1.54, 1.807) is 34.8 Å². The van der Waals surface area contributed by atoms with Crippen molar-refractivity contribution < 1.29 is 13.2 Å². The average molecular weight is 348 g/mol. The van der Waals surface area contributed by atoms with Crippen molar-refractivity contribution in [1.82, 2.24) is 14.1 Å². The molecule has 3 rings (SSSR count). The molecular weight excluding hydrogens is 328 g/mol. The van der Waals surface area contributed by atoms with Crippen LogP contribution in [0.4, 0.5) is 5.82 Å². The lowest BCUT2D eigenvalue weighted by Gasteiger charge is -2.19. The number of benzene rings is 1. The number of rotatable bonds is 3. The topological polar surface area (TPSA) is 75.5 Å². The summed E-state index contributed by atoms with van der Waals surface area (Å²) in [5, 5.41) is 4.15. The molecule has 2 heterocycles. The first-order valence-corrected chi connectivity index (χ1v) is 9.05. The molecular formula is C16H20N4O3S. The van der Waals surface area contributed by atoms with Gasteiger partial charge in [-0.2, -0.15) is 5.10 Å². The van der Waals surface area contributed by atoms with Gasteiger partial charge in [-0.15, -0.1) is 0 Å². The minimum Gasteiger partial charge on any atom is -0.291 e. The van der Waals surface area contributed by atoms with Gasteiger partial charge in [-0.25, -0.2) is 17.4 Å². The summed E-state index contributed by atoms with van der Waals surface area (Å²) in [6.45, 7) is 4.74. The third-order valence-corrected chi connectivity index (χ3v) is 6.32. The average Bonchev–Trinajstić information content (AvgIpc) is 3.11. The van der Waals surface area contributed by atoms with Gasteiger partial charge in [-0.05, 0) is 37.1 Å². The first kappa shape index (κ1) is 16.7. The van der Waals surface area contributed by atoms with E-state index in [0.29, 0.717) is 24.2 Å². The second-order valence-corrected chi connectivity index (χ2v) is 8.19. The van der Waals surface area contributed by atoms with Crippen LogP contribution in [0.3, 0.4) is 0 Å². The van der Waals surface area contributed by atoms with E-state index in [4.69, 9.17) is 0 Å². The molecule has 0 bridgehead atoms. The van der Waals surface area contributed by atoms with E-state index in [1.165, 1.54) is 20.2 Å². The summed E-state index contributed by atoms with van der Waals surface area (Å²) in [7, 11) is -0.647. The number of aromatic nitrogens is 2. The number of sulfonamides is 1. The van der Waals surface area contributed by atoms with Crippen LogP contribution in [-0.4, -0.2) is 49.1 Å². The molecule has 8 heteroatoms. The molecule has 24 heavy (non-hydrogen) atoms. The van der Waals surface area contributed by atoms with Gasteiger partial charge in [-0.1, -0.05) is 0 Å². The Labute approximate surface area is 141 Å². The Bertz CT molecular complexity index is 915. The van der Waals surface area contributed by atoms with Gasteiger partial charge in [0.2, 0.25) is 10.0 Å². The minimum atomic E-state index is -3.61. The predicted molar refractivity (Wildman–Crippen MR) is 90.7 cm³/mol. The number of hydrogen-bond acceptors (Lipinski definition) is 4. The molecule has 128 valence electrons. The Morgan fingerprint density at radius 1 is 1.21 bits per heavy atom. The van der Waals surface area contributed by atoms with E-state index in [1.807, 2.05) is 6.92 Å². The highest BCUT2D eigenvalue weighted by molar-refractivity contribution is 7.89. The third kappa shape index (κ3) is 2.51. The van der Waals surface area contributed by atoms with Crippen molar-refractivity contribution in [2.24, 2.45) is 0 Å². The van der Waals surface area contributed by atoms with Crippen LogP contribution in [0.15, 0.2) is 29.3 Å². The first-order chi connectivity index (χ1) is 11.2. The lowest BCUT2D eigenvalue weighted by Crippen LogP contribution is -2.30. The van der Waals surface area contributed by atoms with Gasteiger partial charge in [0, 0.05) is 32.3 Å². The molecule has 1 aliphatic heterocycles. The number of fused-ring (bicyclic) bond motifs is 1. The summed E-state index contributed by atoms with van der Waals surface area (Å²) in [6, 6.07) is 4.99. The molecule has 0 spiro atoms. The molecule has 0 saturated heterocycles. The second kappa shape index (κ2) is 5.71. The highest BCUT2D eigenvalue weighted by Gasteiger charge is 2.28. The Balaban J connectivity index is 2.07. The van der Waals surface area contributed by atoms with E-state index >= 15 is 0 Å². The number of amides is 1. The third-order valence-electron chi connectivity index (χ3n) is 4.38. The molecule has 2 aromatic rings. The van der Waals surface area contributed by atoms with E-state index in [9.17, 15) is 13.2 Å². The highest BCUT2D eigenvalue weighted by atomic mass is 32.2. The molecule has 1 amide bonds. The number of carbonyl (C=O) groups is 1. The Morgan fingerprint density at radius 3 is 2.58 bits per heavy atom. The normalized spacial score (nSPS) is 14.3. The zero-order valence-electron chi connectivity index (χ0n) is 14.1. The van der Waals surface area contributed by atoms with Crippen molar-refractivity contribution in [2.75, 3.05) is 25.5 Å². The maximum atomic E-state index is 12.9. The van der Waals surface area contributed by atoms with E-state index in [-0.39, 0.29) is 10.8 Å². The fourth-order valence-electron chi connectivity index (χ4n) is 2.81. The second-order valence-electron chi connectivity index (χ2n) is 6.07. The lowest BCUT2D eigenvalue weighted by molar-refractivity contribution is 0.0989. The standard InChI is InChI=1S/C16H20N4O3S/c1-11-9-13(10-14(12(11)2)24(22,23)18(3)4)16(21)19-7-8-20-15(19)5-6-17-20/h5-6,9-10H,7-8H2,1-4H3. The van der Waals surface area contributed by atoms with Crippen LogP contribution in [0.2, 0.25) is 0 Å². The van der Waals surface area contributed by atoms with Crippen LogP contribution in [0.25, 0.3) is 0 Å². The Hall–Kier alpha value is -2.19. The maximum absolute atomic E-state index is 12.9. The fraction of sp³-hybridized carbons (Fsp3) is 0.375. The molecule has 0 N–H and O–H groups in total. The van der Waals surface area contributed by atoms with Gasteiger partial charge in [0.15, 0.2) is 0 Å². The zero-order chi connectivity index (χ0) is 17.6. The molecule has 1 aromatic carbocycles. The van der Waals surface area contributed by atoms with Crippen molar-refractivity contribution in [1.29, 1.82) is 0 Å². The minimum absolute atomic E-state index is 0.170. The van der Waals surface area contributed by atoms with Gasteiger partial charge in [0.1, 0.15) is 5.82 Å². The van der Waals surface area contributed by atoms with Crippen molar-refractivity contribution >= 4 is 21.7 Å². The van der Waals surface area contributed by atoms with Gasteiger partial charge < -0.3 is 0 Å². The summed E-state index contributed by atoms with van der Waals surface area (Å²) in [5.41, 5.74) is 1.80. The van der Waals surface area contributed by atoms with Crippen LogP contribution in [0.5, 0.6) is 0 Å². The van der Waals surface area contributed by atoms with Gasteiger partial charge >= 0.3 is 0 Å². The summed E-state index contributed by atoms with van der Waals surface area (Å²) < 4.78 is 28.0. The molecule has 0 radical (unpaired) electrons. The SMILES string of the molecule is Cc1cc(C(=O)N2CCn3nccc32)cc(S(=O)(=O)N(C)C)c1C. The Kier molecular flexibility index (Phi) is 3.97. The number of nitrogens with zero attached hydrogens (tertiary/aromatic N) is 4. The molecule has 0 atom stereocenters. The fourth-order valence-corrected chi connectivity index (χ4v) is 4.03. The summed E-state index contributed by atoms with van der Waals surface area (Å²) in [6.07, 6.45) is 1.65. The number of anilines is 1. The number of aryl methyl sites for hydroxylation is 1. The van der Waals surface area contributed by atoms with Crippen molar-refractivity contribution in [3.05, 3.63) is 41.1 Å². The van der Waals surface area contributed by atoms with Crippen LogP contribution < -0.4 is 4.90 Å². The maximum Gasteiger partial charge on any atom is 0.259 e. The molecule has 0 saturated carbocycles. The van der Waals surface area contributed by atoms with Crippen molar-refractivity contribution in [3.63, 3.8) is 0 Å². The molecule has 7 nitrogen and oxygen atoms in total. The lowest BCUT2D eigenvalue weighted by atomic mass is 10.1. The van der Waals surface area contributed by atoms with Gasteiger partial charge in [-0.3, -0.25) is 9.69 Å². The molecule has 0 unspecified atom stereocenters. The first-order valence-electron chi connectivity index (χ1n) is 7.61. The smallest absolute Gasteiger partial charge is 0.259 e. The predicted octanol–water partition coefficient (Wildman–Crippen LogP) is 1.41. The molecule has 1 aromatic heterocycles. The monoisotopic (exact) mass is 348 g/mol. The van der Waals surface area contributed by atoms with Crippen LogP contribution in [0.1, 0.15) is 21.5 Å². The largest absolute Gasteiger partial charge is 0.291 e. The number of carbonyl (C=O) groups excluding carboxylic acids is 1. The zero-order valence-corrected chi connectivity index (χ0v) is 15.0. The van der Waals surface area contributed by atoms with Crippen LogP contribution >= 0.6 is 0 Å². The van der Waals surface area contributed by atoms with Gasteiger partial charge in [0.05, 0.1) is 17.6 Å². The quantitative estimate of drug-likeness (QED) is 0.840. The van der Waals surface area contributed by atoms with E-state index in [2.05, 4.69) is 5.10 Å². The van der Waals surface area contributed by atoms with Crippen molar-refractivity contribution in [3.8, 4) is 0 Å². The van der Waals surface area contributed by atoms with E-state index in [0.717, 1.165) is 15.7 Å². The van der Waals surface area contributed by atoms with Crippen molar-refractivity contribution in [2.45, 2.75) is 25.3 Å². The Morgan fingerprint density at radius 2 is 1.92 bits per heavy atom. The van der Waals surface area contributed by atoms with E-state index < -0.39 is 10.0 Å². The molecule has 0 fully saturated rings. The summed E-state index contributed by atoms with van der Waals surface area (Å²) in [5.74, 6) is 0.516. The molecule has 1 aliphatic rings. The van der Waals surface area contributed by atoms with Gasteiger partial charge in [0.25, 0.3) is 5.91 Å². The summed E-state index contributed by atoms with van der Waals surface area (Å²) in [4.78, 5) is 14.7. The summed E-state index contributed by atoms with van der Waals surface area (Å²) >= 11 is 0.